The summed E-state index contributed by atoms with van der Waals surface area (Å²) in [5.41, 5.74) is 2.38. The Balaban J connectivity index is 1.59. The summed E-state index contributed by atoms with van der Waals surface area (Å²) >= 11 is 6.02. The minimum atomic E-state index is -0.332. The Morgan fingerprint density at radius 3 is 2.61 bits per heavy atom. The topological polar surface area (TPSA) is 62.4 Å². The number of hydrogen-bond donors (Lipinski definition) is 3. The molecule has 1 atom stereocenters. The van der Waals surface area contributed by atoms with Crippen molar-refractivity contribution in [3.63, 3.8) is 0 Å². The molecule has 0 aliphatic carbocycles. The molecule has 2 amide bonds. The van der Waals surface area contributed by atoms with Crippen LogP contribution in [0.2, 0.25) is 5.02 Å². The Hall–Kier alpha value is -2.08. The summed E-state index contributed by atoms with van der Waals surface area (Å²) < 4.78 is 5.70. The van der Waals surface area contributed by atoms with Crippen LogP contribution in [0.1, 0.15) is 11.7 Å². The smallest absolute Gasteiger partial charge is 0.323 e. The van der Waals surface area contributed by atoms with Crippen LogP contribution in [0, 0.1) is 0 Å². The lowest BCUT2D eigenvalue weighted by atomic mass is 10.1. The first kappa shape index (κ1) is 15.8. The zero-order valence-corrected chi connectivity index (χ0v) is 13.3. The molecule has 0 saturated carbocycles. The molecule has 0 unspecified atom stereocenters. The molecule has 2 aromatic rings. The van der Waals surface area contributed by atoms with Crippen molar-refractivity contribution >= 4 is 29.0 Å². The normalized spacial score (nSPS) is 17.5. The first-order chi connectivity index (χ1) is 11.2. The maximum Gasteiger partial charge on any atom is 0.323 e. The molecule has 0 aromatic heterocycles. The minimum Gasteiger partial charge on any atom is -0.371 e. The molecule has 3 N–H and O–H groups in total. The van der Waals surface area contributed by atoms with E-state index in [0.29, 0.717) is 23.0 Å². The fourth-order valence-electron chi connectivity index (χ4n) is 2.41. The van der Waals surface area contributed by atoms with Crippen molar-refractivity contribution in [3.8, 4) is 0 Å². The number of amides is 2. The summed E-state index contributed by atoms with van der Waals surface area (Å²) in [5, 5.41) is 9.30. The SMILES string of the molecule is O=C(Nc1ccc([C@@H]2CNCCO2)cc1)Nc1ccccc1Cl. The van der Waals surface area contributed by atoms with Crippen LogP contribution in [-0.4, -0.2) is 25.7 Å². The monoisotopic (exact) mass is 331 g/mol. The second-order valence-corrected chi connectivity index (χ2v) is 5.65. The third kappa shape index (κ3) is 4.22. The molecule has 120 valence electrons. The van der Waals surface area contributed by atoms with Crippen LogP contribution in [0.5, 0.6) is 0 Å². The second-order valence-electron chi connectivity index (χ2n) is 5.24. The van der Waals surface area contributed by atoms with Gasteiger partial charge in [0.25, 0.3) is 0 Å². The molecule has 6 heteroatoms. The largest absolute Gasteiger partial charge is 0.371 e. The number of urea groups is 1. The standard InChI is InChI=1S/C17H18ClN3O2/c18-14-3-1-2-4-15(14)21-17(22)20-13-7-5-12(6-8-13)16-11-19-9-10-23-16/h1-8,16,19H,9-11H2,(H2,20,21,22)/t16-/m0/s1. The Kier molecular flexibility index (Phi) is 5.12. The summed E-state index contributed by atoms with van der Waals surface area (Å²) in [4.78, 5) is 12.0. The highest BCUT2D eigenvalue weighted by Crippen LogP contribution is 2.22. The molecule has 0 spiro atoms. The Bertz CT molecular complexity index is 670. The third-order valence-corrected chi connectivity index (χ3v) is 3.92. The van der Waals surface area contributed by atoms with Crippen LogP contribution >= 0.6 is 11.6 Å². The number of nitrogens with one attached hydrogen (secondary N) is 3. The number of anilines is 2. The van der Waals surface area contributed by atoms with Gasteiger partial charge >= 0.3 is 6.03 Å². The van der Waals surface area contributed by atoms with Gasteiger partial charge in [-0.05, 0) is 29.8 Å². The number of carbonyl (C=O) groups is 1. The Morgan fingerprint density at radius 1 is 1.13 bits per heavy atom. The van der Waals surface area contributed by atoms with E-state index in [1.54, 1.807) is 12.1 Å². The van der Waals surface area contributed by atoms with E-state index in [-0.39, 0.29) is 12.1 Å². The van der Waals surface area contributed by atoms with E-state index in [4.69, 9.17) is 16.3 Å². The number of ether oxygens (including phenoxy) is 1. The van der Waals surface area contributed by atoms with Gasteiger partial charge in [-0.1, -0.05) is 35.9 Å². The van der Waals surface area contributed by atoms with Gasteiger partial charge in [-0.2, -0.15) is 0 Å². The van der Waals surface area contributed by atoms with Crippen LogP contribution < -0.4 is 16.0 Å². The van der Waals surface area contributed by atoms with E-state index in [1.807, 2.05) is 36.4 Å². The quantitative estimate of drug-likeness (QED) is 0.804. The van der Waals surface area contributed by atoms with Crippen LogP contribution in [0.15, 0.2) is 48.5 Å². The molecule has 1 fully saturated rings. The summed E-state index contributed by atoms with van der Waals surface area (Å²) in [6.07, 6.45) is 0.0646. The number of benzene rings is 2. The molecule has 2 aromatic carbocycles. The van der Waals surface area contributed by atoms with Gasteiger partial charge in [0.2, 0.25) is 0 Å². The molecule has 1 saturated heterocycles. The Morgan fingerprint density at radius 2 is 1.91 bits per heavy atom. The lowest BCUT2D eigenvalue weighted by Gasteiger charge is -2.24. The summed E-state index contributed by atoms with van der Waals surface area (Å²) in [7, 11) is 0. The zero-order valence-electron chi connectivity index (χ0n) is 12.5. The summed E-state index contributed by atoms with van der Waals surface area (Å²) in [5.74, 6) is 0. The molecule has 5 nitrogen and oxygen atoms in total. The van der Waals surface area contributed by atoms with Gasteiger partial charge in [0.15, 0.2) is 0 Å². The number of halogens is 1. The maximum atomic E-state index is 12.0. The van der Waals surface area contributed by atoms with Crippen molar-refractivity contribution in [1.29, 1.82) is 0 Å². The van der Waals surface area contributed by atoms with Gasteiger partial charge in [-0.15, -0.1) is 0 Å². The third-order valence-electron chi connectivity index (χ3n) is 3.59. The summed E-state index contributed by atoms with van der Waals surface area (Å²) in [6, 6.07) is 14.4. The first-order valence-electron chi connectivity index (χ1n) is 7.47. The molecular weight excluding hydrogens is 314 g/mol. The van der Waals surface area contributed by atoms with E-state index < -0.39 is 0 Å². The predicted molar refractivity (Wildman–Crippen MR) is 92.1 cm³/mol. The minimum absolute atomic E-state index is 0.0646. The average Bonchev–Trinajstić information content (AvgIpc) is 2.58. The van der Waals surface area contributed by atoms with Gasteiger partial charge in [0, 0.05) is 18.8 Å². The lowest BCUT2D eigenvalue weighted by molar-refractivity contribution is 0.0277. The molecule has 23 heavy (non-hydrogen) atoms. The van der Waals surface area contributed by atoms with Crippen LogP contribution in [-0.2, 0) is 4.74 Å². The number of carbonyl (C=O) groups excluding carboxylic acids is 1. The van der Waals surface area contributed by atoms with Gasteiger partial charge < -0.3 is 20.7 Å². The van der Waals surface area contributed by atoms with Crippen molar-refractivity contribution < 1.29 is 9.53 Å². The van der Waals surface area contributed by atoms with Gasteiger partial charge in [-0.3, -0.25) is 0 Å². The van der Waals surface area contributed by atoms with E-state index in [1.165, 1.54) is 0 Å². The van der Waals surface area contributed by atoms with E-state index in [0.717, 1.165) is 18.7 Å². The van der Waals surface area contributed by atoms with Crippen molar-refractivity contribution in [2.45, 2.75) is 6.10 Å². The highest BCUT2D eigenvalue weighted by Gasteiger charge is 2.15. The molecule has 1 heterocycles. The molecule has 1 aliphatic heterocycles. The first-order valence-corrected chi connectivity index (χ1v) is 7.85. The average molecular weight is 332 g/mol. The van der Waals surface area contributed by atoms with Crippen molar-refractivity contribution in [2.24, 2.45) is 0 Å². The summed E-state index contributed by atoms with van der Waals surface area (Å²) in [6.45, 7) is 2.41. The fourth-order valence-corrected chi connectivity index (χ4v) is 2.59. The highest BCUT2D eigenvalue weighted by atomic mass is 35.5. The molecule has 3 rings (SSSR count). The van der Waals surface area contributed by atoms with Crippen LogP contribution in [0.25, 0.3) is 0 Å². The fraction of sp³-hybridized carbons (Fsp3) is 0.235. The zero-order chi connectivity index (χ0) is 16.1. The molecule has 0 bridgehead atoms. The van der Waals surface area contributed by atoms with E-state index in [9.17, 15) is 4.79 Å². The van der Waals surface area contributed by atoms with Crippen molar-refractivity contribution in [3.05, 3.63) is 59.1 Å². The number of para-hydroxylation sites is 1. The predicted octanol–water partition coefficient (Wildman–Crippen LogP) is 3.64. The van der Waals surface area contributed by atoms with Gasteiger partial charge in [0.1, 0.15) is 0 Å². The second kappa shape index (κ2) is 7.46. The van der Waals surface area contributed by atoms with Crippen molar-refractivity contribution in [1.82, 2.24) is 5.32 Å². The van der Waals surface area contributed by atoms with Crippen molar-refractivity contribution in [2.75, 3.05) is 30.3 Å². The van der Waals surface area contributed by atoms with Crippen LogP contribution in [0.4, 0.5) is 16.2 Å². The Labute approximate surface area is 140 Å². The van der Waals surface area contributed by atoms with E-state index >= 15 is 0 Å². The maximum absolute atomic E-state index is 12.0. The van der Waals surface area contributed by atoms with E-state index in [2.05, 4.69) is 16.0 Å². The molecular formula is C17H18ClN3O2. The number of morpholine rings is 1. The van der Waals surface area contributed by atoms with Gasteiger partial charge in [0.05, 0.1) is 23.4 Å². The number of rotatable bonds is 3. The highest BCUT2D eigenvalue weighted by molar-refractivity contribution is 6.33. The lowest BCUT2D eigenvalue weighted by Crippen LogP contribution is -2.33. The number of hydrogen-bond acceptors (Lipinski definition) is 3. The van der Waals surface area contributed by atoms with Gasteiger partial charge in [-0.25, -0.2) is 4.79 Å². The molecule has 1 aliphatic rings. The van der Waals surface area contributed by atoms with Crippen LogP contribution in [0.3, 0.4) is 0 Å². The molecule has 0 radical (unpaired) electrons.